The molecule has 0 fully saturated rings. The number of nitrogens with one attached hydrogen (secondary N) is 1. The van der Waals surface area contributed by atoms with Gasteiger partial charge in [-0.15, -0.1) is 0 Å². The van der Waals surface area contributed by atoms with Gasteiger partial charge in [-0.3, -0.25) is 0 Å². The molecule has 0 saturated carbocycles. The van der Waals surface area contributed by atoms with Gasteiger partial charge in [-0.05, 0) is 52.9 Å². The molecule has 0 aromatic carbocycles. The molecule has 0 aliphatic rings. The first-order valence-corrected chi connectivity index (χ1v) is 6.20. The van der Waals surface area contributed by atoms with E-state index in [0.29, 0.717) is 0 Å². The van der Waals surface area contributed by atoms with Gasteiger partial charge in [-0.1, -0.05) is 25.5 Å². The second kappa shape index (κ2) is 10.2. The zero-order chi connectivity index (χ0) is 11.5. The first-order chi connectivity index (χ1) is 7.16. The van der Waals surface area contributed by atoms with Crippen LogP contribution < -0.4 is 5.32 Å². The summed E-state index contributed by atoms with van der Waals surface area (Å²) in [6.07, 6.45) is 5.18. The molecule has 0 radical (unpaired) electrons. The van der Waals surface area contributed by atoms with Crippen molar-refractivity contribution in [2.45, 2.75) is 39.5 Å². The third-order valence-electron chi connectivity index (χ3n) is 2.36. The van der Waals surface area contributed by atoms with E-state index in [9.17, 15) is 0 Å². The number of rotatable bonds is 10. The maximum Gasteiger partial charge on any atom is 0.0184 e. The number of hydrogen-bond acceptors (Lipinski definition) is 2. The number of hydrogen-bond donors (Lipinski definition) is 1. The molecule has 0 aromatic rings. The molecule has 15 heavy (non-hydrogen) atoms. The minimum absolute atomic E-state index is 1.04. The summed E-state index contributed by atoms with van der Waals surface area (Å²) in [5, 5.41) is 3.43. The van der Waals surface area contributed by atoms with E-state index in [1.165, 1.54) is 44.3 Å². The van der Waals surface area contributed by atoms with Gasteiger partial charge in [-0.2, -0.15) is 0 Å². The minimum Gasteiger partial charge on any atom is -0.317 e. The van der Waals surface area contributed by atoms with Gasteiger partial charge >= 0.3 is 0 Å². The highest BCUT2D eigenvalue weighted by Crippen LogP contribution is 1.98. The molecule has 0 heterocycles. The zero-order valence-corrected chi connectivity index (χ0v) is 10.8. The topological polar surface area (TPSA) is 15.3 Å². The van der Waals surface area contributed by atoms with Gasteiger partial charge in [0.2, 0.25) is 0 Å². The fourth-order valence-electron chi connectivity index (χ4n) is 1.65. The van der Waals surface area contributed by atoms with Crippen LogP contribution in [0.3, 0.4) is 0 Å². The highest BCUT2D eigenvalue weighted by Gasteiger charge is 1.97. The van der Waals surface area contributed by atoms with Crippen LogP contribution in [0.2, 0.25) is 0 Å². The maximum absolute atomic E-state index is 3.92. The Kier molecular flexibility index (Phi) is 9.96. The number of unbranched alkanes of at least 4 members (excludes halogenated alkanes) is 2. The van der Waals surface area contributed by atoms with Crippen molar-refractivity contribution in [2.75, 3.05) is 33.2 Å². The lowest BCUT2D eigenvalue weighted by Crippen LogP contribution is -2.21. The van der Waals surface area contributed by atoms with E-state index in [1.807, 2.05) is 0 Å². The van der Waals surface area contributed by atoms with Crippen LogP contribution in [-0.4, -0.2) is 38.1 Å². The fraction of sp³-hybridized carbons (Fsp3) is 0.846. The molecule has 90 valence electrons. The SMILES string of the molecule is C=C(C)CN(C)CCCCCNCCC. The standard InChI is InChI=1S/C13H28N2/c1-5-9-14-10-7-6-8-11-15(4)12-13(2)3/h14H,2,5-12H2,1,3-4H3. The Hall–Kier alpha value is -0.340. The van der Waals surface area contributed by atoms with E-state index < -0.39 is 0 Å². The van der Waals surface area contributed by atoms with Crippen molar-refractivity contribution >= 4 is 0 Å². The van der Waals surface area contributed by atoms with Crippen molar-refractivity contribution < 1.29 is 0 Å². The summed E-state index contributed by atoms with van der Waals surface area (Å²) in [6, 6.07) is 0. The van der Waals surface area contributed by atoms with Crippen LogP contribution >= 0.6 is 0 Å². The third kappa shape index (κ3) is 11.6. The Bertz CT molecular complexity index is 155. The molecule has 0 aliphatic heterocycles. The van der Waals surface area contributed by atoms with E-state index in [-0.39, 0.29) is 0 Å². The van der Waals surface area contributed by atoms with Crippen molar-refractivity contribution in [3.8, 4) is 0 Å². The molecular weight excluding hydrogens is 184 g/mol. The minimum atomic E-state index is 1.04. The van der Waals surface area contributed by atoms with Gasteiger partial charge in [0.1, 0.15) is 0 Å². The average Bonchev–Trinajstić information content (AvgIpc) is 2.15. The van der Waals surface area contributed by atoms with Crippen molar-refractivity contribution in [1.82, 2.24) is 10.2 Å². The van der Waals surface area contributed by atoms with Crippen LogP contribution in [0.4, 0.5) is 0 Å². The smallest absolute Gasteiger partial charge is 0.0184 e. The van der Waals surface area contributed by atoms with E-state index >= 15 is 0 Å². The predicted molar refractivity (Wildman–Crippen MR) is 69.3 cm³/mol. The zero-order valence-electron chi connectivity index (χ0n) is 10.8. The molecule has 1 N–H and O–H groups in total. The largest absolute Gasteiger partial charge is 0.317 e. The summed E-state index contributed by atoms with van der Waals surface area (Å²) in [5.74, 6) is 0. The summed E-state index contributed by atoms with van der Waals surface area (Å²) in [5.41, 5.74) is 1.25. The molecule has 2 nitrogen and oxygen atoms in total. The average molecular weight is 212 g/mol. The first-order valence-electron chi connectivity index (χ1n) is 6.20. The lowest BCUT2D eigenvalue weighted by molar-refractivity contribution is 0.350. The lowest BCUT2D eigenvalue weighted by Gasteiger charge is -2.16. The molecular formula is C13H28N2. The third-order valence-corrected chi connectivity index (χ3v) is 2.36. The van der Waals surface area contributed by atoms with E-state index in [1.54, 1.807) is 0 Å². The first kappa shape index (κ1) is 14.7. The molecule has 0 unspecified atom stereocenters. The van der Waals surface area contributed by atoms with Crippen LogP contribution in [0.5, 0.6) is 0 Å². The Morgan fingerprint density at radius 1 is 1.20 bits per heavy atom. The quantitative estimate of drug-likeness (QED) is 0.442. The van der Waals surface area contributed by atoms with Crippen molar-refractivity contribution in [3.63, 3.8) is 0 Å². The molecule has 0 aliphatic carbocycles. The summed E-state index contributed by atoms with van der Waals surface area (Å²) >= 11 is 0. The van der Waals surface area contributed by atoms with Gasteiger partial charge in [0, 0.05) is 6.54 Å². The van der Waals surface area contributed by atoms with Crippen LogP contribution in [0.15, 0.2) is 12.2 Å². The van der Waals surface area contributed by atoms with Gasteiger partial charge < -0.3 is 10.2 Å². The maximum atomic E-state index is 3.92. The number of nitrogens with zero attached hydrogens (tertiary/aromatic N) is 1. The van der Waals surface area contributed by atoms with Crippen molar-refractivity contribution in [1.29, 1.82) is 0 Å². The Morgan fingerprint density at radius 3 is 2.53 bits per heavy atom. The molecule has 0 spiro atoms. The molecule has 0 atom stereocenters. The van der Waals surface area contributed by atoms with Gasteiger partial charge in [0.05, 0.1) is 0 Å². The Balaban J connectivity index is 3.13. The van der Waals surface area contributed by atoms with Gasteiger partial charge in [-0.25, -0.2) is 0 Å². The second-order valence-corrected chi connectivity index (χ2v) is 4.51. The Morgan fingerprint density at radius 2 is 1.93 bits per heavy atom. The normalized spacial score (nSPS) is 10.9. The summed E-state index contributed by atoms with van der Waals surface area (Å²) < 4.78 is 0. The van der Waals surface area contributed by atoms with Crippen LogP contribution in [0.25, 0.3) is 0 Å². The van der Waals surface area contributed by atoms with Crippen LogP contribution in [-0.2, 0) is 0 Å². The Labute approximate surface area is 95.7 Å². The van der Waals surface area contributed by atoms with Crippen LogP contribution in [0.1, 0.15) is 39.5 Å². The van der Waals surface area contributed by atoms with E-state index in [0.717, 1.165) is 13.1 Å². The summed E-state index contributed by atoms with van der Waals surface area (Å²) in [4.78, 5) is 2.35. The predicted octanol–water partition coefficient (Wildman–Crippen LogP) is 2.66. The van der Waals surface area contributed by atoms with Crippen molar-refractivity contribution in [3.05, 3.63) is 12.2 Å². The summed E-state index contributed by atoms with van der Waals surface area (Å²) in [7, 11) is 2.17. The molecule has 0 saturated heterocycles. The monoisotopic (exact) mass is 212 g/mol. The van der Waals surface area contributed by atoms with E-state index in [2.05, 4.69) is 37.7 Å². The molecule has 0 bridgehead atoms. The molecule has 0 rings (SSSR count). The second-order valence-electron chi connectivity index (χ2n) is 4.51. The highest BCUT2D eigenvalue weighted by molar-refractivity contribution is 4.90. The molecule has 0 amide bonds. The van der Waals surface area contributed by atoms with Gasteiger partial charge in [0.25, 0.3) is 0 Å². The van der Waals surface area contributed by atoms with Crippen molar-refractivity contribution in [2.24, 2.45) is 0 Å². The van der Waals surface area contributed by atoms with Gasteiger partial charge in [0.15, 0.2) is 0 Å². The number of likely N-dealkylation sites (N-methyl/N-ethyl adjacent to an activating group) is 1. The lowest BCUT2D eigenvalue weighted by atomic mass is 10.2. The molecule has 2 heteroatoms. The van der Waals surface area contributed by atoms with Crippen LogP contribution in [0, 0.1) is 0 Å². The summed E-state index contributed by atoms with van der Waals surface area (Å²) in [6.45, 7) is 12.8. The van der Waals surface area contributed by atoms with E-state index in [4.69, 9.17) is 0 Å². The molecule has 0 aromatic heterocycles. The highest BCUT2D eigenvalue weighted by atomic mass is 15.1. The fourth-order valence-corrected chi connectivity index (χ4v) is 1.65.